The van der Waals surface area contributed by atoms with Crippen molar-refractivity contribution in [3.8, 4) is 0 Å². The molecule has 0 bridgehead atoms. The first-order chi connectivity index (χ1) is 12.8. The molecule has 2 heterocycles. The molecule has 1 aromatic heterocycles. The van der Waals surface area contributed by atoms with Crippen LogP contribution in [0.2, 0.25) is 0 Å². The molecular formula is C15H25N2O9P. The molecule has 1 aromatic rings. The zero-order chi connectivity index (χ0) is 20.0. The third-order valence-corrected chi connectivity index (χ3v) is 5.70. The third-order valence-electron chi connectivity index (χ3n) is 3.89. The summed E-state index contributed by atoms with van der Waals surface area (Å²) in [4.78, 5) is 25.3. The number of methoxy groups -OCH3 is 1. The van der Waals surface area contributed by atoms with Crippen LogP contribution in [0.1, 0.15) is 20.1 Å². The van der Waals surface area contributed by atoms with Crippen molar-refractivity contribution in [1.29, 1.82) is 0 Å². The van der Waals surface area contributed by atoms with Crippen LogP contribution in [0, 0.1) is 0 Å². The van der Waals surface area contributed by atoms with Gasteiger partial charge in [0.15, 0.2) is 6.23 Å². The maximum Gasteiger partial charge on any atom is 0.356 e. The maximum atomic E-state index is 12.4. The Kier molecular flexibility index (Phi) is 7.92. The largest absolute Gasteiger partial charge is 0.387 e. The molecule has 0 amide bonds. The van der Waals surface area contributed by atoms with Crippen molar-refractivity contribution in [3.63, 3.8) is 0 Å². The SMILES string of the molecule is CCOP(=O)(COC[C@H]1O[C@@H](n2ccc(=O)[nH]c2=O)C(OC)C1O)OCC. The minimum atomic E-state index is -3.39. The molecule has 12 heteroatoms. The monoisotopic (exact) mass is 408 g/mol. The first-order valence-electron chi connectivity index (χ1n) is 8.48. The van der Waals surface area contributed by atoms with Crippen molar-refractivity contribution < 1.29 is 32.9 Å². The van der Waals surface area contributed by atoms with Crippen LogP contribution in [0.15, 0.2) is 21.9 Å². The lowest BCUT2D eigenvalue weighted by atomic mass is 10.1. The number of hydrogen-bond acceptors (Lipinski definition) is 9. The number of nitrogens with zero attached hydrogens (tertiary/aromatic N) is 1. The van der Waals surface area contributed by atoms with Crippen molar-refractivity contribution in [3.05, 3.63) is 33.1 Å². The van der Waals surface area contributed by atoms with Crippen LogP contribution in [0.25, 0.3) is 0 Å². The summed E-state index contributed by atoms with van der Waals surface area (Å²) < 4.78 is 40.1. The summed E-state index contributed by atoms with van der Waals surface area (Å²) in [6, 6.07) is 1.16. The Bertz CT molecular complexity index is 754. The van der Waals surface area contributed by atoms with Crippen molar-refractivity contribution in [2.45, 2.75) is 38.4 Å². The molecule has 1 fully saturated rings. The van der Waals surface area contributed by atoms with Gasteiger partial charge in [0.2, 0.25) is 0 Å². The molecule has 0 spiro atoms. The normalized spacial score (nSPS) is 25.8. The lowest BCUT2D eigenvalue weighted by molar-refractivity contribution is -0.0695. The Hall–Kier alpha value is -1.33. The van der Waals surface area contributed by atoms with E-state index in [0.29, 0.717) is 0 Å². The summed E-state index contributed by atoms with van der Waals surface area (Å²) in [5, 5.41) is 10.4. The Morgan fingerprint density at radius 3 is 2.52 bits per heavy atom. The van der Waals surface area contributed by atoms with Crippen molar-refractivity contribution in [2.24, 2.45) is 0 Å². The first-order valence-corrected chi connectivity index (χ1v) is 10.2. The summed E-state index contributed by atoms with van der Waals surface area (Å²) >= 11 is 0. The maximum absolute atomic E-state index is 12.4. The molecule has 0 saturated carbocycles. The molecular weight excluding hydrogens is 383 g/mol. The van der Waals surface area contributed by atoms with E-state index < -0.39 is 43.4 Å². The fraction of sp³-hybridized carbons (Fsp3) is 0.733. The summed E-state index contributed by atoms with van der Waals surface area (Å²) in [6.07, 6.45) is -2.84. The summed E-state index contributed by atoms with van der Waals surface area (Å²) in [7, 11) is -2.03. The standard InChI is InChI=1S/C15H25N2O9P/c1-4-24-27(21,25-5-2)9-23-8-10-12(19)13(22-3)14(26-10)17-7-6-11(18)16-15(17)20/h6-7,10,12-14,19H,4-5,8-9H2,1-3H3,(H,16,18,20)/t10-,12?,13?,14-/m1/s1. The molecule has 0 aromatic carbocycles. The number of aliphatic hydroxyl groups excluding tert-OH is 1. The van der Waals surface area contributed by atoms with Gasteiger partial charge in [0, 0.05) is 19.4 Å². The fourth-order valence-corrected chi connectivity index (χ4v) is 4.09. The van der Waals surface area contributed by atoms with Gasteiger partial charge in [0.1, 0.15) is 24.7 Å². The Morgan fingerprint density at radius 1 is 1.30 bits per heavy atom. The van der Waals surface area contributed by atoms with Crippen LogP contribution in [0.5, 0.6) is 0 Å². The summed E-state index contributed by atoms with van der Waals surface area (Å²) in [5.41, 5.74) is -1.24. The quantitative estimate of drug-likeness (QED) is 0.514. The van der Waals surface area contributed by atoms with E-state index in [1.807, 2.05) is 0 Å². The predicted octanol–water partition coefficient (Wildman–Crippen LogP) is 0.0501. The van der Waals surface area contributed by atoms with Gasteiger partial charge in [-0.05, 0) is 13.8 Å². The summed E-state index contributed by atoms with van der Waals surface area (Å²) in [5.74, 6) is 0. The first kappa shape index (κ1) is 22.0. The number of aromatic nitrogens is 2. The van der Waals surface area contributed by atoms with Gasteiger partial charge in [-0.15, -0.1) is 0 Å². The van der Waals surface area contributed by atoms with Gasteiger partial charge in [-0.25, -0.2) is 4.79 Å². The molecule has 1 saturated heterocycles. The molecule has 2 N–H and O–H groups in total. The van der Waals surface area contributed by atoms with Gasteiger partial charge >= 0.3 is 13.3 Å². The average Bonchev–Trinajstić information content (AvgIpc) is 2.91. The molecule has 0 aliphatic carbocycles. The number of ether oxygens (including phenoxy) is 3. The van der Waals surface area contributed by atoms with Crippen LogP contribution in [0.3, 0.4) is 0 Å². The number of H-pyrrole nitrogens is 1. The second kappa shape index (κ2) is 9.74. The second-order valence-electron chi connectivity index (χ2n) is 5.72. The van der Waals surface area contributed by atoms with E-state index in [2.05, 4.69) is 4.98 Å². The molecule has 11 nitrogen and oxygen atoms in total. The molecule has 1 aliphatic heterocycles. The van der Waals surface area contributed by atoms with E-state index >= 15 is 0 Å². The molecule has 0 radical (unpaired) electrons. The molecule has 27 heavy (non-hydrogen) atoms. The zero-order valence-corrected chi connectivity index (χ0v) is 16.3. The molecule has 2 rings (SSSR count). The fourth-order valence-electron chi connectivity index (χ4n) is 2.75. The minimum Gasteiger partial charge on any atom is -0.387 e. The predicted molar refractivity (Wildman–Crippen MR) is 93.7 cm³/mol. The van der Waals surface area contributed by atoms with Gasteiger partial charge in [0.05, 0.1) is 19.8 Å². The molecule has 1 aliphatic rings. The van der Waals surface area contributed by atoms with Gasteiger partial charge in [-0.2, -0.15) is 0 Å². The van der Waals surface area contributed by atoms with Crippen LogP contribution < -0.4 is 11.2 Å². The third kappa shape index (κ3) is 5.35. The number of nitrogens with one attached hydrogen (secondary N) is 1. The lowest BCUT2D eigenvalue weighted by Crippen LogP contribution is -2.38. The van der Waals surface area contributed by atoms with Gasteiger partial charge in [-0.1, -0.05) is 0 Å². The minimum absolute atomic E-state index is 0.125. The second-order valence-corrected chi connectivity index (χ2v) is 7.72. The topological polar surface area (TPSA) is 138 Å². The molecule has 154 valence electrons. The highest BCUT2D eigenvalue weighted by Crippen LogP contribution is 2.48. The van der Waals surface area contributed by atoms with Crippen molar-refractivity contribution in [1.82, 2.24) is 9.55 Å². The highest BCUT2D eigenvalue weighted by Gasteiger charge is 2.45. The van der Waals surface area contributed by atoms with Crippen LogP contribution >= 0.6 is 7.60 Å². The molecule has 2 unspecified atom stereocenters. The van der Waals surface area contributed by atoms with E-state index in [4.69, 9.17) is 23.3 Å². The average molecular weight is 408 g/mol. The zero-order valence-electron chi connectivity index (χ0n) is 15.4. The number of hydrogen-bond donors (Lipinski definition) is 2. The number of rotatable bonds is 10. The van der Waals surface area contributed by atoms with Gasteiger partial charge in [0.25, 0.3) is 5.56 Å². The smallest absolute Gasteiger partial charge is 0.356 e. The van der Waals surface area contributed by atoms with E-state index in [0.717, 1.165) is 10.6 Å². The van der Waals surface area contributed by atoms with Crippen LogP contribution in [-0.4, -0.2) is 66.2 Å². The van der Waals surface area contributed by atoms with Gasteiger partial charge < -0.3 is 28.4 Å². The highest BCUT2D eigenvalue weighted by molar-refractivity contribution is 7.53. The summed E-state index contributed by atoms with van der Waals surface area (Å²) in [6.45, 7) is 3.65. The van der Waals surface area contributed by atoms with Crippen LogP contribution in [-0.2, 0) is 27.8 Å². The van der Waals surface area contributed by atoms with Crippen molar-refractivity contribution >= 4 is 7.60 Å². The lowest BCUT2D eigenvalue weighted by Gasteiger charge is -2.20. The number of aromatic amines is 1. The Morgan fingerprint density at radius 2 is 1.96 bits per heavy atom. The Labute approximate surface area is 155 Å². The number of aliphatic hydroxyl groups is 1. The van der Waals surface area contributed by atoms with E-state index in [1.165, 1.54) is 13.3 Å². The Balaban J connectivity index is 2.05. The van der Waals surface area contributed by atoms with Crippen LogP contribution in [0.4, 0.5) is 0 Å². The molecule has 4 atom stereocenters. The van der Waals surface area contributed by atoms with E-state index in [-0.39, 0.29) is 26.2 Å². The van der Waals surface area contributed by atoms with E-state index in [9.17, 15) is 19.3 Å². The van der Waals surface area contributed by atoms with Crippen molar-refractivity contribution in [2.75, 3.05) is 33.3 Å². The van der Waals surface area contributed by atoms with Gasteiger partial charge in [-0.3, -0.25) is 18.9 Å². The van der Waals surface area contributed by atoms with E-state index in [1.54, 1.807) is 13.8 Å². The highest BCUT2D eigenvalue weighted by atomic mass is 31.2.